The lowest BCUT2D eigenvalue weighted by Crippen LogP contribution is -2.20. The van der Waals surface area contributed by atoms with Crippen molar-refractivity contribution in [3.8, 4) is 16.9 Å². The van der Waals surface area contributed by atoms with Crippen molar-refractivity contribution >= 4 is 16.7 Å². The number of ether oxygens (including phenoxy) is 1. The second-order valence-electron chi connectivity index (χ2n) is 9.23. The number of benzene rings is 4. The summed E-state index contributed by atoms with van der Waals surface area (Å²) in [5.74, 6) is 0.169. The van der Waals surface area contributed by atoms with Gasteiger partial charge in [0.15, 0.2) is 0 Å². The number of aryl methyl sites for hydroxylation is 2. The van der Waals surface area contributed by atoms with Gasteiger partial charge in [0, 0.05) is 6.42 Å². The van der Waals surface area contributed by atoms with Crippen molar-refractivity contribution in [1.29, 1.82) is 0 Å². The van der Waals surface area contributed by atoms with Crippen molar-refractivity contribution in [2.75, 3.05) is 19.7 Å². The second kappa shape index (κ2) is 12.4. The first kappa shape index (κ1) is 25.5. The third-order valence-electron chi connectivity index (χ3n) is 6.58. The molecule has 0 radical (unpaired) electrons. The number of rotatable bonds is 12. The zero-order valence-corrected chi connectivity index (χ0v) is 21.2. The Morgan fingerprint density at radius 3 is 2.47 bits per heavy atom. The molecule has 36 heavy (non-hydrogen) atoms. The molecule has 0 aliphatic rings. The summed E-state index contributed by atoms with van der Waals surface area (Å²) in [6, 6.07) is 27.8. The summed E-state index contributed by atoms with van der Waals surface area (Å²) < 4.78 is 5.61. The van der Waals surface area contributed by atoms with Crippen LogP contribution in [0.2, 0.25) is 0 Å². The van der Waals surface area contributed by atoms with Gasteiger partial charge in [-0.05, 0) is 102 Å². The van der Waals surface area contributed by atoms with E-state index in [-0.39, 0.29) is 6.42 Å². The lowest BCUT2D eigenvalue weighted by molar-refractivity contribution is -0.136. The maximum atomic E-state index is 11.1. The van der Waals surface area contributed by atoms with Crippen LogP contribution in [-0.4, -0.2) is 30.8 Å². The van der Waals surface area contributed by atoms with Crippen molar-refractivity contribution in [1.82, 2.24) is 5.32 Å². The van der Waals surface area contributed by atoms with E-state index >= 15 is 0 Å². The molecule has 0 saturated heterocycles. The molecule has 4 rings (SSSR count). The van der Waals surface area contributed by atoms with E-state index < -0.39 is 5.97 Å². The van der Waals surface area contributed by atoms with Crippen LogP contribution in [0.15, 0.2) is 78.9 Å². The molecule has 4 aromatic rings. The van der Waals surface area contributed by atoms with Gasteiger partial charge in [0.25, 0.3) is 0 Å². The van der Waals surface area contributed by atoms with Crippen LogP contribution in [0, 0.1) is 6.92 Å². The maximum absolute atomic E-state index is 11.1. The summed E-state index contributed by atoms with van der Waals surface area (Å²) in [4.78, 5) is 11.1. The largest absolute Gasteiger partial charge is 0.494 e. The molecule has 0 saturated carbocycles. The maximum Gasteiger partial charge on any atom is 0.303 e. The van der Waals surface area contributed by atoms with Gasteiger partial charge in [-0.1, -0.05) is 66.7 Å². The van der Waals surface area contributed by atoms with Gasteiger partial charge >= 0.3 is 5.97 Å². The fraction of sp³-hybridized carbons (Fsp3) is 0.281. The van der Waals surface area contributed by atoms with Gasteiger partial charge < -0.3 is 15.2 Å². The molecule has 0 unspecified atom stereocenters. The minimum Gasteiger partial charge on any atom is -0.494 e. The highest BCUT2D eigenvalue weighted by atomic mass is 16.5. The van der Waals surface area contributed by atoms with E-state index in [1.54, 1.807) is 0 Å². The van der Waals surface area contributed by atoms with Crippen LogP contribution in [0.5, 0.6) is 5.75 Å². The molecule has 0 aromatic heterocycles. The summed E-state index contributed by atoms with van der Waals surface area (Å²) in [6.07, 6.45) is 2.59. The average molecular weight is 482 g/mol. The molecule has 0 aliphatic heterocycles. The van der Waals surface area contributed by atoms with Gasteiger partial charge in [0.1, 0.15) is 5.75 Å². The monoisotopic (exact) mass is 481 g/mol. The smallest absolute Gasteiger partial charge is 0.303 e. The van der Waals surface area contributed by atoms with Crippen LogP contribution < -0.4 is 10.1 Å². The van der Waals surface area contributed by atoms with Crippen LogP contribution >= 0.6 is 0 Å². The standard InChI is InChI=1S/C32H35NO3/c1-3-36-29-9-6-7-24(20-29)15-17-33-18-16-25-19-27-8-4-5-10-30(27)31(21-25)28-12-11-23(2)26(22-28)13-14-32(34)35/h4-12,19-22,33H,3,13-18H2,1-2H3,(H,34,35). The van der Waals surface area contributed by atoms with Crippen molar-refractivity contribution in [2.45, 2.75) is 39.5 Å². The normalized spacial score (nSPS) is 11.1. The number of nitrogens with one attached hydrogen (secondary N) is 1. The first-order chi connectivity index (χ1) is 17.5. The van der Waals surface area contributed by atoms with Crippen LogP contribution in [-0.2, 0) is 24.1 Å². The van der Waals surface area contributed by atoms with E-state index in [4.69, 9.17) is 9.84 Å². The summed E-state index contributed by atoms with van der Waals surface area (Å²) in [6.45, 7) is 6.56. The van der Waals surface area contributed by atoms with E-state index in [0.29, 0.717) is 13.0 Å². The number of carbonyl (C=O) groups is 1. The van der Waals surface area contributed by atoms with Gasteiger partial charge in [-0.3, -0.25) is 4.79 Å². The molecule has 2 N–H and O–H groups in total. The van der Waals surface area contributed by atoms with Crippen LogP contribution in [0.3, 0.4) is 0 Å². The predicted octanol–water partition coefficient (Wildman–Crippen LogP) is 6.61. The predicted molar refractivity (Wildman–Crippen MR) is 148 cm³/mol. The zero-order chi connectivity index (χ0) is 25.3. The Bertz CT molecular complexity index is 1330. The number of carboxylic acids is 1. The summed E-state index contributed by atoms with van der Waals surface area (Å²) >= 11 is 0. The van der Waals surface area contributed by atoms with Crippen molar-refractivity contribution < 1.29 is 14.6 Å². The first-order valence-corrected chi connectivity index (χ1v) is 12.8. The molecular weight excluding hydrogens is 446 g/mol. The molecule has 0 spiro atoms. The Morgan fingerprint density at radius 1 is 0.861 bits per heavy atom. The topological polar surface area (TPSA) is 58.6 Å². The molecule has 0 bridgehead atoms. The molecule has 4 nitrogen and oxygen atoms in total. The van der Waals surface area contributed by atoms with E-state index in [1.165, 1.54) is 27.5 Å². The summed E-state index contributed by atoms with van der Waals surface area (Å²) in [7, 11) is 0. The number of carboxylic acid groups (broad SMARTS) is 1. The molecule has 0 aliphatic carbocycles. The third-order valence-corrected chi connectivity index (χ3v) is 6.58. The quantitative estimate of drug-likeness (QED) is 0.224. The highest BCUT2D eigenvalue weighted by Gasteiger charge is 2.10. The van der Waals surface area contributed by atoms with Gasteiger partial charge in [-0.25, -0.2) is 0 Å². The molecule has 4 aromatic carbocycles. The number of hydrogen-bond donors (Lipinski definition) is 2. The minimum atomic E-state index is -0.762. The molecule has 0 heterocycles. The lowest BCUT2D eigenvalue weighted by Gasteiger charge is -2.14. The molecule has 0 fully saturated rings. The fourth-order valence-electron chi connectivity index (χ4n) is 4.65. The van der Waals surface area contributed by atoms with Crippen molar-refractivity contribution in [3.05, 3.63) is 101 Å². The SMILES string of the molecule is CCOc1cccc(CCNCCc2cc(-c3ccc(C)c(CCC(=O)O)c3)c3ccccc3c2)c1. The van der Waals surface area contributed by atoms with Crippen molar-refractivity contribution in [3.63, 3.8) is 0 Å². The average Bonchev–Trinajstić information content (AvgIpc) is 2.88. The summed E-state index contributed by atoms with van der Waals surface area (Å²) in [5.41, 5.74) is 7.14. The Labute approximate surface area is 213 Å². The Kier molecular flexibility index (Phi) is 8.75. The summed E-state index contributed by atoms with van der Waals surface area (Å²) in [5, 5.41) is 15.2. The highest BCUT2D eigenvalue weighted by molar-refractivity contribution is 5.97. The molecule has 0 atom stereocenters. The van der Waals surface area contributed by atoms with Gasteiger partial charge in [0.2, 0.25) is 0 Å². The number of fused-ring (bicyclic) bond motifs is 1. The lowest BCUT2D eigenvalue weighted by atomic mass is 9.92. The Hall–Kier alpha value is -3.63. The number of hydrogen-bond acceptors (Lipinski definition) is 3. The number of aliphatic carboxylic acids is 1. The fourth-order valence-corrected chi connectivity index (χ4v) is 4.65. The third kappa shape index (κ3) is 6.73. The minimum absolute atomic E-state index is 0.146. The van der Waals surface area contributed by atoms with Crippen molar-refractivity contribution in [2.24, 2.45) is 0 Å². The molecular formula is C32H35NO3. The Morgan fingerprint density at radius 2 is 1.67 bits per heavy atom. The Balaban J connectivity index is 1.46. The van der Waals surface area contributed by atoms with Crippen LogP contribution in [0.1, 0.15) is 35.6 Å². The molecule has 186 valence electrons. The van der Waals surface area contributed by atoms with Crippen LogP contribution in [0.4, 0.5) is 0 Å². The van der Waals surface area contributed by atoms with E-state index in [9.17, 15) is 4.79 Å². The highest BCUT2D eigenvalue weighted by Crippen LogP contribution is 2.32. The van der Waals surface area contributed by atoms with E-state index in [2.05, 4.69) is 78.1 Å². The second-order valence-corrected chi connectivity index (χ2v) is 9.23. The van der Waals surface area contributed by atoms with Gasteiger partial charge in [-0.2, -0.15) is 0 Å². The van der Waals surface area contributed by atoms with Gasteiger partial charge in [0.05, 0.1) is 6.61 Å². The molecule has 4 heteroatoms. The first-order valence-electron chi connectivity index (χ1n) is 12.8. The van der Waals surface area contributed by atoms with Gasteiger partial charge in [-0.15, -0.1) is 0 Å². The van der Waals surface area contributed by atoms with Crippen LogP contribution in [0.25, 0.3) is 21.9 Å². The van der Waals surface area contributed by atoms with E-state index in [0.717, 1.165) is 48.4 Å². The molecule has 0 amide bonds. The van der Waals surface area contributed by atoms with E-state index in [1.807, 2.05) is 19.9 Å². The zero-order valence-electron chi connectivity index (χ0n) is 21.2.